The van der Waals surface area contributed by atoms with E-state index in [9.17, 15) is 19.1 Å². The summed E-state index contributed by atoms with van der Waals surface area (Å²) in [5.41, 5.74) is 1.00. The molecule has 24 heavy (non-hydrogen) atoms. The molecule has 0 radical (unpaired) electrons. The van der Waals surface area contributed by atoms with E-state index in [0.29, 0.717) is 16.3 Å². The summed E-state index contributed by atoms with van der Waals surface area (Å²) in [7, 11) is 0. The van der Waals surface area contributed by atoms with Gasteiger partial charge in [0.15, 0.2) is 11.5 Å². The van der Waals surface area contributed by atoms with E-state index in [4.69, 9.17) is 11.6 Å². The number of Topliss-reactive ketones (excluding diaryl/α,β-unsaturated/α-hetero) is 1. The normalized spacial score (nSPS) is 17.5. The fourth-order valence-corrected chi connectivity index (χ4v) is 2.92. The van der Waals surface area contributed by atoms with Gasteiger partial charge in [-0.05, 0) is 48.9 Å². The van der Waals surface area contributed by atoms with Crippen molar-refractivity contribution >= 4 is 29.0 Å². The molecule has 1 heterocycles. The molecule has 3 rings (SSSR count). The Morgan fingerprint density at radius 3 is 2.25 bits per heavy atom. The summed E-state index contributed by atoms with van der Waals surface area (Å²) in [5, 5.41) is 10.7. The van der Waals surface area contributed by atoms with Gasteiger partial charge in [-0.3, -0.25) is 14.5 Å². The summed E-state index contributed by atoms with van der Waals surface area (Å²) < 4.78 is 13.2. The molecule has 0 saturated carbocycles. The predicted octanol–water partition coefficient (Wildman–Crippen LogP) is 3.97. The number of benzene rings is 2. The van der Waals surface area contributed by atoms with Crippen molar-refractivity contribution in [3.05, 3.63) is 76.3 Å². The maximum Gasteiger partial charge on any atom is 0.294 e. The highest BCUT2D eigenvalue weighted by Gasteiger charge is 2.43. The Morgan fingerprint density at radius 2 is 1.71 bits per heavy atom. The van der Waals surface area contributed by atoms with Gasteiger partial charge in [-0.15, -0.1) is 0 Å². The number of rotatable bonds is 3. The molecule has 0 aromatic heterocycles. The first-order valence-corrected chi connectivity index (χ1v) is 7.56. The third-order valence-corrected chi connectivity index (χ3v) is 4.13. The van der Waals surface area contributed by atoms with Gasteiger partial charge in [-0.25, -0.2) is 4.39 Å². The topological polar surface area (TPSA) is 57.6 Å². The zero-order chi connectivity index (χ0) is 17.4. The molecule has 4 nitrogen and oxygen atoms in total. The number of carbonyl (C=O) groups excluding carboxylic acids is 2. The molecular weight excluding hydrogens is 333 g/mol. The molecule has 0 saturated heterocycles. The number of hydrogen-bond donors (Lipinski definition) is 1. The van der Waals surface area contributed by atoms with Crippen molar-refractivity contribution in [3.63, 3.8) is 0 Å². The van der Waals surface area contributed by atoms with Crippen LogP contribution in [0.15, 0.2) is 59.9 Å². The van der Waals surface area contributed by atoms with E-state index in [0.717, 1.165) is 0 Å². The second-order valence-corrected chi connectivity index (χ2v) is 5.86. The number of amides is 1. The molecule has 6 heteroatoms. The van der Waals surface area contributed by atoms with Gasteiger partial charge in [0, 0.05) is 10.7 Å². The smallest absolute Gasteiger partial charge is 0.294 e. The van der Waals surface area contributed by atoms with E-state index in [1.54, 1.807) is 24.3 Å². The first-order chi connectivity index (χ1) is 11.4. The quantitative estimate of drug-likeness (QED) is 0.915. The molecule has 1 N–H and O–H groups in total. The van der Waals surface area contributed by atoms with E-state index in [1.807, 2.05) is 0 Å². The number of ketones is 1. The Hall–Kier alpha value is -2.66. The molecule has 0 bridgehead atoms. The van der Waals surface area contributed by atoms with Crippen LogP contribution in [0, 0.1) is 5.82 Å². The van der Waals surface area contributed by atoms with Crippen LogP contribution in [0.2, 0.25) is 5.02 Å². The molecule has 1 atom stereocenters. The number of aliphatic hydroxyl groups excluding tert-OH is 1. The van der Waals surface area contributed by atoms with Crippen molar-refractivity contribution in [2.75, 3.05) is 4.90 Å². The van der Waals surface area contributed by atoms with Crippen LogP contribution in [-0.2, 0) is 9.59 Å². The summed E-state index contributed by atoms with van der Waals surface area (Å²) in [4.78, 5) is 25.8. The lowest BCUT2D eigenvalue weighted by Gasteiger charge is -2.26. The van der Waals surface area contributed by atoms with Crippen molar-refractivity contribution in [1.29, 1.82) is 0 Å². The first kappa shape index (κ1) is 16.2. The summed E-state index contributed by atoms with van der Waals surface area (Å²) in [6.07, 6.45) is 0. The molecule has 1 aliphatic rings. The minimum absolute atomic E-state index is 0.00616. The number of carbonyl (C=O) groups is 2. The molecule has 122 valence electrons. The van der Waals surface area contributed by atoms with Gasteiger partial charge >= 0.3 is 0 Å². The van der Waals surface area contributed by atoms with Crippen LogP contribution in [0.1, 0.15) is 18.5 Å². The highest BCUT2D eigenvalue weighted by molar-refractivity contribution is 6.30. The SMILES string of the molecule is CC(=O)C1=C(O)C(=O)N(c2ccc(F)cc2)[C@H]1c1ccc(Cl)cc1. The average molecular weight is 346 g/mol. The largest absolute Gasteiger partial charge is 0.503 e. The van der Waals surface area contributed by atoms with E-state index < -0.39 is 29.3 Å². The van der Waals surface area contributed by atoms with Crippen LogP contribution in [-0.4, -0.2) is 16.8 Å². The molecule has 0 spiro atoms. The molecule has 2 aromatic carbocycles. The third-order valence-electron chi connectivity index (χ3n) is 3.88. The van der Waals surface area contributed by atoms with Gasteiger partial charge in [0.05, 0.1) is 11.6 Å². The monoisotopic (exact) mass is 345 g/mol. The summed E-state index contributed by atoms with van der Waals surface area (Å²) in [6.45, 7) is 1.29. The highest BCUT2D eigenvalue weighted by atomic mass is 35.5. The van der Waals surface area contributed by atoms with Gasteiger partial charge in [0.25, 0.3) is 5.91 Å². The molecule has 0 aliphatic carbocycles. The van der Waals surface area contributed by atoms with Crippen LogP contribution < -0.4 is 4.90 Å². The lowest BCUT2D eigenvalue weighted by molar-refractivity contribution is -0.117. The van der Waals surface area contributed by atoms with Crippen molar-refractivity contribution in [3.8, 4) is 0 Å². The molecule has 1 amide bonds. The minimum atomic E-state index is -0.794. The van der Waals surface area contributed by atoms with E-state index >= 15 is 0 Å². The zero-order valence-corrected chi connectivity index (χ0v) is 13.4. The molecular formula is C18H13ClFNO3. The molecule has 1 aliphatic heterocycles. The number of anilines is 1. The lowest BCUT2D eigenvalue weighted by Crippen LogP contribution is -2.30. The number of aliphatic hydroxyl groups is 1. The highest BCUT2D eigenvalue weighted by Crippen LogP contribution is 2.41. The Kier molecular flexibility index (Phi) is 4.11. The summed E-state index contributed by atoms with van der Waals surface area (Å²) in [5.74, 6) is -2.15. The van der Waals surface area contributed by atoms with Crippen molar-refractivity contribution in [1.82, 2.24) is 0 Å². The standard InChI is InChI=1S/C18H13ClFNO3/c1-10(22)15-16(11-2-4-12(19)5-3-11)21(18(24)17(15)23)14-8-6-13(20)7-9-14/h2-9,16,23H,1H3/t16-/m0/s1. The summed E-state index contributed by atoms with van der Waals surface area (Å²) in [6, 6.07) is 11.1. The maximum absolute atomic E-state index is 13.2. The fraction of sp³-hybridized carbons (Fsp3) is 0.111. The summed E-state index contributed by atoms with van der Waals surface area (Å²) >= 11 is 5.89. The van der Waals surface area contributed by atoms with E-state index in [-0.39, 0.29) is 5.57 Å². The molecule has 2 aromatic rings. The van der Waals surface area contributed by atoms with Crippen molar-refractivity contribution in [2.45, 2.75) is 13.0 Å². The number of hydrogen-bond acceptors (Lipinski definition) is 3. The van der Waals surface area contributed by atoms with Crippen LogP contribution >= 0.6 is 11.6 Å². The Morgan fingerprint density at radius 1 is 1.12 bits per heavy atom. The maximum atomic E-state index is 13.2. The fourth-order valence-electron chi connectivity index (χ4n) is 2.79. The van der Waals surface area contributed by atoms with Gasteiger partial charge in [0.2, 0.25) is 0 Å². The van der Waals surface area contributed by atoms with Crippen molar-refractivity contribution in [2.24, 2.45) is 0 Å². The van der Waals surface area contributed by atoms with Gasteiger partial charge in [-0.2, -0.15) is 0 Å². The minimum Gasteiger partial charge on any atom is -0.503 e. The Balaban J connectivity index is 2.16. The second-order valence-electron chi connectivity index (χ2n) is 5.42. The lowest BCUT2D eigenvalue weighted by atomic mass is 9.96. The number of nitrogens with zero attached hydrogens (tertiary/aromatic N) is 1. The third kappa shape index (κ3) is 2.67. The second kappa shape index (κ2) is 6.09. The van der Waals surface area contributed by atoms with Crippen LogP contribution in [0.3, 0.4) is 0 Å². The Labute approximate surface area is 142 Å². The van der Waals surface area contributed by atoms with Crippen molar-refractivity contribution < 1.29 is 19.1 Å². The van der Waals surface area contributed by atoms with Gasteiger partial charge < -0.3 is 5.11 Å². The van der Waals surface area contributed by atoms with Crippen LogP contribution in [0.25, 0.3) is 0 Å². The number of halogens is 2. The molecule has 0 unspecified atom stereocenters. The van der Waals surface area contributed by atoms with Gasteiger partial charge in [0.1, 0.15) is 5.82 Å². The van der Waals surface area contributed by atoms with E-state index in [1.165, 1.54) is 36.1 Å². The first-order valence-electron chi connectivity index (χ1n) is 7.19. The molecule has 0 fully saturated rings. The van der Waals surface area contributed by atoms with E-state index in [2.05, 4.69) is 0 Å². The zero-order valence-electron chi connectivity index (χ0n) is 12.7. The predicted molar refractivity (Wildman–Crippen MR) is 88.4 cm³/mol. The average Bonchev–Trinajstić information content (AvgIpc) is 2.81. The van der Waals surface area contributed by atoms with Crippen LogP contribution in [0.4, 0.5) is 10.1 Å². The van der Waals surface area contributed by atoms with Crippen LogP contribution in [0.5, 0.6) is 0 Å². The Bertz CT molecular complexity index is 844. The van der Waals surface area contributed by atoms with Gasteiger partial charge in [-0.1, -0.05) is 23.7 Å².